The molecule has 0 radical (unpaired) electrons. The molecule has 8 nitrogen and oxygen atoms in total. The highest BCUT2D eigenvalue weighted by Gasteiger charge is 2.28. The van der Waals surface area contributed by atoms with Crippen LogP contribution in [0.1, 0.15) is 44.5 Å². The van der Waals surface area contributed by atoms with Crippen molar-refractivity contribution in [3.05, 3.63) is 70.4 Å². The molecule has 2 aliphatic heterocycles. The summed E-state index contributed by atoms with van der Waals surface area (Å²) in [5.41, 5.74) is 5.30. The highest BCUT2D eigenvalue weighted by Crippen LogP contribution is 2.30. The first-order valence-corrected chi connectivity index (χ1v) is 10.2. The van der Waals surface area contributed by atoms with Gasteiger partial charge in [-0.2, -0.15) is 5.10 Å². The van der Waals surface area contributed by atoms with Gasteiger partial charge in [0.15, 0.2) is 5.82 Å². The molecule has 1 saturated heterocycles. The number of esters is 1. The molecular formula is C22H24N6O2. The van der Waals surface area contributed by atoms with Gasteiger partial charge in [0.05, 0.1) is 5.56 Å². The van der Waals surface area contributed by atoms with Gasteiger partial charge in [-0.15, -0.1) is 0 Å². The maximum atomic E-state index is 11.8. The molecule has 2 aliphatic rings. The van der Waals surface area contributed by atoms with Gasteiger partial charge >= 0.3 is 5.97 Å². The summed E-state index contributed by atoms with van der Waals surface area (Å²) in [6.07, 6.45) is 3.59. The lowest BCUT2D eigenvalue weighted by molar-refractivity contribution is 0.0535. The van der Waals surface area contributed by atoms with E-state index in [4.69, 9.17) is 4.74 Å². The summed E-state index contributed by atoms with van der Waals surface area (Å²) in [5.74, 6) is 1.28. The smallest absolute Gasteiger partial charge is 0.338 e. The monoisotopic (exact) mass is 404 g/mol. The van der Waals surface area contributed by atoms with Crippen LogP contribution in [0.2, 0.25) is 0 Å². The second-order valence-corrected chi connectivity index (χ2v) is 7.88. The van der Waals surface area contributed by atoms with Crippen molar-refractivity contribution in [1.82, 2.24) is 30.0 Å². The SMILES string of the molecule is Cc1ncn(-c2ccc(CN3CCN[C@H](c4ccc5c(c4C)COC5=O)C3)cn2)n1. The summed E-state index contributed by atoms with van der Waals surface area (Å²) >= 11 is 0. The van der Waals surface area contributed by atoms with Crippen LogP contribution in [0.3, 0.4) is 0 Å². The number of rotatable bonds is 4. The molecule has 3 aromatic rings. The zero-order valence-electron chi connectivity index (χ0n) is 17.1. The molecule has 30 heavy (non-hydrogen) atoms. The van der Waals surface area contributed by atoms with Gasteiger partial charge in [0.25, 0.3) is 0 Å². The Morgan fingerprint density at radius 3 is 2.87 bits per heavy atom. The van der Waals surface area contributed by atoms with Crippen molar-refractivity contribution in [3.8, 4) is 5.82 Å². The van der Waals surface area contributed by atoms with Gasteiger partial charge in [0.2, 0.25) is 0 Å². The molecule has 154 valence electrons. The van der Waals surface area contributed by atoms with Crippen LogP contribution in [0.15, 0.2) is 36.8 Å². The van der Waals surface area contributed by atoms with Crippen LogP contribution in [0.25, 0.3) is 5.82 Å². The Balaban J connectivity index is 1.29. The van der Waals surface area contributed by atoms with Crippen LogP contribution in [0, 0.1) is 13.8 Å². The highest BCUT2D eigenvalue weighted by atomic mass is 16.5. The van der Waals surface area contributed by atoms with E-state index in [-0.39, 0.29) is 12.0 Å². The van der Waals surface area contributed by atoms with E-state index < -0.39 is 0 Å². The lowest BCUT2D eigenvalue weighted by atomic mass is 9.93. The second-order valence-electron chi connectivity index (χ2n) is 7.88. The fourth-order valence-electron chi connectivity index (χ4n) is 4.27. The van der Waals surface area contributed by atoms with E-state index in [0.717, 1.165) is 48.9 Å². The standard InChI is InChI=1S/C22H24N6O2/c1-14-17(4-5-18-19(14)12-30-22(18)29)20-11-27(8-7-23-20)10-16-3-6-21(24-9-16)28-13-25-15(2)26-28/h3-6,9,13,20,23H,7-8,10-12H2,1-2H3/t20-/m0/s1. The summed E-state index contributed by atoms with van der Waals surface area (Å²) in [7, 11) is 0. The third kappa shape index (κ3) is 3.48. The number of ether oxygens (including phenoxy) is 1. The number of carbonyl (C=O) groups is 1. The minimum absolute atomic E-state index is 0.213. The molecule has 0 bridgehead atoms. The number of benzene rings is 1. The van der Waals surface area contributed by atoms with Gasteiger partial charge in [0, 0.05) is 44.0 Å². The number of nitrogens with one attached hydrogen (secondary N) is 1. The van der Waals surface area contributed by atoms with Crippen LogP contribution in [0.5, 0.6) is 0 Å². The topological polar surface area (TPSA) is 85.2 Å². The average molecular weight is 404 g/mol. The predicted octanol–water partition coefficient (Wildman–Crippen LogP) is 2.10. The van der Waals surface area contributed by atoms with E-state index in [2.05, 4.69) is 44.3 Å². The van der Waals surface area contributed by atoms with Crippen molar-refractivity contribution < 1.29 is 9.53 Å². The molecule has 0 amide bonds. The Morgan fingerprint density at radius 2 is 2.10 bits per heavy atom. The maximum Gasteiger partial charge on any atom is 0.338 e. The first-order chi connectivity index (χ1) is 14.6. The first kappa shape index (κ1) is 18.9. The van der Waals surface area contributed by atoms with Crippen molar-refractivity contribution in [1.29, 1.82) is 0 Å². The number of carbonyl (C=O) groups excluding carboxylic acids is 1. The fraction of sp³-hybridized carbons (Fsp3) is 0.364. The van der Waals surface area contributed by atoms with E-state index in [1.807, 2.05) is 25.3 Å². The Labute approximate surface area is 174 Å². The van der Waals surface area contributed by atoms with Gasteiger partial charge in [-0.1, -0.05) is 12.1 Å². The van der Waals surface area contributed by atoms with E-state index in [1.165, 1.54) is 11.1 Å². The zero-order chi connectivity index (χ0) is 20.7. The Morgan fingerprint density at radius 1 is 1.20 bits per heavy atom. The quantitative estimate of drug-likeness (QED) is 0.667. The third-order valence-corrected chi connectivity index (χ3v) is 5.90. The average Bonchev–Trinajstić information content (AvgIpc) is 3.35. The minimum Gasteiger partial charge on any atom is -0.457 e. The molecule has 1 N–H and O–H groups in total. The predicted molar refractivity (Wildman–Crippen MR) is 110 cm³/mol. The van der Waals surface area contributed by atoms with E-state index in [1.54, 1.807) is 11.0 Å². The number of pyridine rings is 1. The molecule has 8 heteroatoms. The molecule has 4 heterocycles. The number of piperazine rings is 1. The fourth-order valence-corrected chi connectivity index (χ4v) is 4.27. The van der Waals surface area contributed by atoms with Crippen molar-refractivity contribution in [2.75, 3.05) is 19.6 Å². The molecule has 1 fully saturated rings. The highest BCUT2D eigenvalue weighted by molar-refractivity contribution is 5.93. The van der Waals surface area contributed by atoms with Gasteiger partial charge in [-0.05, 0) is 42.7 Å². The molecule has 0 spiro atoms. The Hall–Kier alpha value is -3.10. The summed E-state index contributed by atoms with van der Waals surface area (Å²) in [6, 6.07) is 8.27. The molecule has 0 saturated carbocycles. The van der Waals surface area contributed by atoms with Crippen molar-refractivity contribution >= 4 is 5.97 Å². The van der Waals surface area contributed by atoms with Gasteiger partial charge in [-0.3, -0.25) is 4.90 Å². The molecule has 0 unspecified atom stereocenters. The first-order valence-electron chi connectivity index (χ1n) is 10.2. The van der Waals surface area contributed by atoms with Crippen LogP contribution in [-0.4, -0.2) is 50.3 Å². The zero-order valence-corrected chi connectivity index (χ0v) is 17.1. The van der Waals surface area contributed by atoms with Crippen LogP contribution >= 0.6 is 0 Å². The Kier molecular flexibility index (Phi) is 4.80. The summed E-state index contributed by atoms with van der Waals surface area (Å²) in [4.78, 5) is 22.9. The lowest BCUT2D eigenvalue weighted by Crippen LogP contribution is -2.45. The van der Waals surface area contributed by atoms with Gasteiger partial charge < -0.3 is 10.1 Å². The van der Waals surface area contributed by atoms with Gasteiger partial charge in [-0.25, -0.2) is 19.4 Å². The molecule has 1 aromatic carbocycles. The number of aromatic nitrogens is 4. The third-order valence-electron chi connectivity index (χ3n) is 5.90. The summed E-state index contributed by atoms with van der Waals surface area (Å²) in [6.45, 7) is 7.97. The van der Waals surface area contributed by atoms with Crippen LogP contribution in [0.4, 0.5) is 0 Å². The van der Waals surface area contributed by atoms with Crippen molar-refractivity contribution in [2.45, 2.75) is 33.0 Å². The molecule has 1 atom stereocenters. The van der Waals surface area contributed by atoms with Crippen LogP contribution < -0.4 is 5.32 Å². The number of hydrogen-bond acceptors (Lipinski definition) is 7. The normalized spacial score (nSPS) is 19.0. The number of hydrogen-bond donors (Lipinski definition) is 1. The van der Waals surface area contributed by atoms with E-state index >= 15 is 0 Å². The minimum atomic E-state index is -0.213. The number of cyclic esters (lactones) is 1. The summed E-state index contributed by atoms with van der Waals surface area (Å²) in [5, 5.41) is 7.93. The number of aryl methyl sites for hydroxylation is 1. The van der Waals surface area contributed by atoms with Gasteiger partial charge in [0.1, 0.15) is 18.8 Å². The molecule has 2 aromatic heterocycles. The number of nitrogens with zero attached hydrogens (tertiary/aromatic N) is 5. The van der Waals surface area contributed by atoms with E-state index in [9.17, 15) is 4.79 Å². The maximum absolute atomic E-state index is 11.8. The van der Waals surface area contributed by atoms with Crippen molar-refractivity contribution in [2.24, 2.45) is 0 Å². The second kappa shape index (κ2) is 7.62. The summed E-state index contributed by atoms with van der Waals surface area (Å²) < 4.78 is 6.89. The van der Waals surface area contributed by atoms with E-state index in [0.29, 0.717) is 12.2 Å². The lowest BCUT2D eigenvalue weighted by Gasteiger charge is -2.34. The van der Waals surface area contributed by atoms with Crippen molar-refractivity contribution in [3.63, 3.8) is 0 Å². The largest absolute Gasteiger partial charge is 0.457 e. The molecule has 0 aliphatic carbocycles. The Bertz CT molecular complexity index is 1090. The number of fused-ring (bicyclic) bond motifs is 1. The molecular weight excluding hydrogens is 380 g/mol. The molecule has 5 rings (SSSR count). The van der Waals surface area contributed by atoms with Crippen LogP contribution in [-0.2, 0) is 17.9 Å².